The first-order valence-corrected chi connectivity index (χ1v) is 5.64. The molecule has 5 heteroatoms. The number of fused-ring (bicyclic) bond motifs is 1. The van der Waals surface area contributed by atoms with E-state index in [-0.39, 0.29) is 0 Å². The van der Waals surface area contributed by atoms with Crippen molar-refractivity contribution in [3.63, 3.8) is 0 Å². The van der Waals surface area contributed by atoms with Crippen LogP contribution in [0, 0.1) is 13.8 Å². The minimum absolute atomic E-state index is 0.357. The first-order chi connectivity index (χ1) is 7.66. The molecule has 1 saturated heterocycles. The fraction of sp³-hybridized carbons (Fsp3) is 0.455. The topological polar surface area (TPSA) is 39.9 Å². The molecule has 0 saturated carbocycles. The van der Waals surface area contributed by atoms with Crippen molar-refractivity contribution in [2.75, 3.05) is 13.2 Å². The molecule has 0 atom stereocenters. The number of nitrogens with zero attached hydrogens (tertiary/aromatic N) is 3. The minimum Gasteiger partial charge on any atom is -0.377 e. The second kappa shape index (κ2) is 3.43. The highest BCUT2D eigenvalue weighted by Gasteiger charge is 2.25. The van der Waals surface area contributed by atoms with Crippen molar-refractivity contribution in [3.05, 3.63) is 22.6 Å². The van der Waals surface area contributed by atoms with Gasteiger partial charge in [0.2, 0.25) is 0 Å². The van der Waals surface area contributed by atoms with Gasteiger partial charge in [0.15, 0.2) is 5.65 Å². The Morgan fingerprint density at radius 3 is 2.75 bits per heavy atom. The van der Waals surface area contributed by atoms with Crippen molar-refractivity contribution in [2.24, 2.45) is 0 Å². The van der Waals surface area contributed by atoms with E-state index < -0.39 is 0 Å². The number of pyridine rings is 1. The summed E-state index contributed by atoms with van der Waals surface area (Å²) in [5.74, 6) is 0.973. The summed E-state index contributed by atoms with van der Waals surface area (Å²) in [5.41, 5.74) is 2.88. The SMILES string of the molecule is Cc1cc(Cl)nc2c1nc(C)n2C1COC1. The van der Waals surface area contributed by atoms with Crippen LogP contribution in [-0.2, 0) is 4.74 Å². The van der Waals surface area contributed by atoms with Crippen LogP contribution in [0.1, 0.15) is 17.4 Å². The van der Waals surface area contributed by atoms with Gasteiger partial charge in [0.25, 0.3) is 0 Å². The van der Waals surface area contributed by atoms with E-state index in [1.807, 2.05) is 19.9 Å². The molecule has 0 amide bonds. The summed E-state index contributed by atoms with van der Waals surface area (Å²) in [7, 11) is 0. The number of hydrogen-bond donors (Lipinski definition) is 0. The number of hydrogen-bond acceptors (Lipinski definition) is 3. The number of ether oxygens (including phenoxy) is 1. The van der Waals surface area contributed by atoms with Crippen LogP contribution in [0.3, 0.4) is 0 Å². The van der Waals surface area contributed by atoms with Gasteiger partial charge in [-0.1, -0.05) is 11.6 Å². The van der Waals surface area contributed by atoms with Gasteiger partial charge in [0.1, 0.15) is 16.5 Å². The molecule has 2 aromatic rings. The van der Waals surface area contributed by atoms with Crippen LogP contribution in [0.4, 0.5) is 0 Å². The van der Waals surface area contributed by atoms with Gasteiger partial charge < -0.3 is 9.30 Å². The van der Waals surface area contributed by atoms with Crippen LogP contribution in [0.2, 0.25) is 5.15 Å². The van der Waals surface area contributed by atoms with Gasteiger partial charge in [0, 0.05) is 0 Å². The maximum Gasteiger partial charge on any atom is 0.162 e. The lowest BCUT2D eigenvalue weighted by molar-refractivity contribution is -0.0226. The Kier molecular flexibility index (Phi) is 2.16. The van der Waals surface area contributed by atoms with Crippen molar-refractivity contribution in [1.82, 2.24) is 14.5 Å². The van der Waals surface area contributed by atoms with Crippen LogP contribution >= 0.6 is 11.6 Å². The highest BCUT2D eigenvalue weighted by Crippen LogP contribution is 2.27. The molecule has 4 nitrogen and oxygen atoms in total. The largest absolute Gasteiger partial charge is 0.377 e. The van der Waals surface area contributed by atoms with Gasteiger partial charge in [-0.15, -0.1) is 0 Å². The van der Waals surface area contributed by atoms with E-state index in [0.29, 0.717) is 11.2 Å². The van der Waals surface area contributed by atoms with Crippen LogP contribution < -0.4 is 0 Å². The molecule has 16 heavy (non-hydrogen) atoms. The number of halogens is 1. The number of aryl methyl sites for hydroxylation is 2. The Morgan fingerprint density at radius 2 is 2.12 bits per heavy atom. The summed E-state index contributed by atoms with van der Waals surface area (Å²) in [6.07, 6.45) is 0. The predicted molar refractivity (Wildman–Crippen MR) is 61.9 cm³/mol. The summed E-state index contributed by atoms with van der Waals surface area (Å²) in [6, 6.07) is 2.20. The molecule has 0 spiro atoms. The number of rotatable bonds is 1. The molecule has 0 bridgehead atoms. The molecule has 0 unspecified atom stereocenters. The summed E-state index contributed by atoms with van der Waals surface area (Å²) in [6.45, 7) is 5.47. The van der Waals surface area contributed by atoms with E-state index in [2.05, 4.69) is 14.5 Å². The summed E-state index contributed by atoms with van der Waals surface area (Å²) in [4.78, 5) is 8.91. The standard InChI is InChI=1S/C11H12ClN3O/c1-6-3-9(12)14-11-10(6)13-7(2)15(11)8-4-16-5-8/h3,8H,4-5H2,1-2H3. The molecule has 0 radical (unpaired) electrons. The maximum absolute atomic E-state index is 5.99. The Bertz CT molecular complexity index is 560. The van der Waals surface area contributed by atoms with Crippen molar-refractivity contribution in [3.8, 4) is 0 Å². The Balaban J connectivity index is 2.29. The fourth-order valence-corrected chi connectivity index (χ4v) is 2.34. The molecule has 1 aliphatic heterocycles. The van der Waals surface area contributed by atoms with E-state index in [1.165, 1.54) is 0 Å². The van der Waals surface area contributed by atoms with Gasteiger partial charge >= 0.3 is 0 Å². The molecule has 2 aromatic heterocycles. The second-order valence-electron chi connectivity index (χ2n) is 4.15. The molecule has 3 heterocycles. The van der Waals surface area contributed by atoms with Crippen LogP contribution in [0.15, 0.2) is 6.07 Å². The number of aromatic nitrogens is 3. The lowest BCUT2D eigenvalue weighted by atomic mass is 10.2. The van der Waals surface area contributed by atoms with Crippen molar-refractivity contribution >= 4 is 22.8 Å². The molecule has 1 aliphatic rings. The summed E-state index contributed by atoms with van der Waals surface area (Å²) < 4.78 is 7.34. The first-order valence-electron chi connectivity index (χ1n) is 5.26. The van der Waals surface area contributed by atoms with Gasteiger partial charge in [-0.25, -0.2) is 9.97 Å². The number of imidazole rings is 1. The van der Waals surface area contributed by atoms with E-state index in [1.54, 1.807) is 0 Å². The van der Waals surface area contributed by atoms with E-state index in [4.69, 9.17) is 16.3 Å². The van der Waals surface area contributed by atoms with Gasteiger partial charge in [-0.05, 0) is 25.5 Å². The predicted octanol–water partition coefficient (Wildman–Crippen LogP) is 2.27. The molecule has 0 aromatic carbocycles. The average molecular weight is 238 g/mol. The molecular formula is C11H12ClN3O. The highest BCUT2D eigenvalue weighted by atomic mass is 35.5. The molecule has 0 aliphatic carbocycles. The Morgan fingerprint density at radius 1 is 1.38 bits per heavy atom. The fourth-order valence-electron chi connectivity index (χ4n) is 2.09. The molecule has 0 N–H and O–H groups in total. The summed E-state index contributed by atoms with van der Waals surface area (Å²) in [5, 5.41) is 0.520. The van der Waals surface area contributed by atoms with Crippen LogP contribution in [0.25, 0.3) is 11.2 Å². The van der Waals surface area contributed by atoms with E-state index >= 15 is 0 Å². The van der Waals surface area contributed by atoms with Gasteiger partial charge in [-0.2, -0.15) is 0 Å². The third-order valence-corrected chi connectivity index (χ3v) is 3.16. The van der Waals surface area contributed by atoms with Crippen LogP contribution in [0.5, 0.6) is 0 Å². The molecule has 3 rings (SSSR count). The third kappa shape index (κ3) is 1.33. The van der Waals surface area contributed by atoms with Crippen molar-refractivity contribution in [2.45, 2.75) is 19.9 Å². The third-order valence-electron chi connectivity index (χ3n) is 2.97. The molecule has 84 valence electrons. The van der Waals surface area contributed by atoms with Gasteiger partial charge in [-0.3, -0.25) is 0 Å². The monoisotopic (exact) mass is 237 g/mol. The maximum atomic E-state index is 5.99. The molecule has 1 fully saturated rings. The minimum atomic E-state index is 0.357. The molecular weight excluding hydrogens is 226 g/mol. The quantitative estimate of drug-likeness (QED) is 0.715. The first kappa shape index (κ1) is 10.1. The van der Waals surface area contributed by atoms with Crippen LogP contribution in [-0.4, -0.2) is 27.7 Å². The lowest BCUT2D eigenvalue weighted by Crippen LogP contribution is -2.31. The zero-order chi connectivity index (χ0) is 11.3. The normalized spacial score (nSPS) is 16.7. The second-order valence-corrected chi connectivity index (χ2v) is 4.54. The zero-order valence-electron chi connectivity index (χ0n) is 9.20. The van der Waals surface area contributed by atoms with Gasteiger partial charge in [0.05, 0.1) is 19.3 Å². The van der Waals surface area contributed by atoms with E-state index in [0.717, 1.165) is 35.8 Å². The van der Waals surface area contributed by atoms with Crippen molar-refractivity contribution < 1.29 is 4.74 Å². The Hall–Kier alpha value is -1.13. The lowest BCUT2D eigenvalue weighted by Gasteiger charge is -2.28. The zero-order valence-corrected chi connectivity index (χ0v) is 9.95. The highest BCUT2D eigenvalue weighted by molar-refractivity contribution is 6.29. The van der Waals surface area contributed by atoms with Crippen molar-refractivity contribution in [1.29, 1.82) is 0 Å². The smallest absolute Gasteiger partial charge is 0.162 e. The summed E-state index contributed by atoms with van der Waals surface area (Å²) >= 11 is 5.99. The average Bonchev–Trinajstić information content (AvgIpc) is 2.43. The van der Waals surface area contributed by atoms with E-state index in [9.17, 15) is 0 Å². The Labute approximate surface area is 98.2 Å².